The molecule has 3 nitrogen and oxygen atoms in total. The topological polar surface area (TPSA) is 46.3 Å². The van der Waals surface area contributed by atoms with Gasteiger partial charge in [-0.25, -0.2) is 0 Å². The fraction of sp³-hybridized carbons (Fsp3) is 0.750. The molecule has 0 radical (unpaired) electrons. The summed E-state index contributed by atoms with van der Waals surface area (Å²) in [6, 6.07) is -0.141. The molecule has 0 bridgehead atoms. The average molecular weight is 208 g/mol. The van der Waals surface area contributed by atoms with Crippen molar-refractivity contribution in [1.29, 1.82) is 0 Å². The van der Waals surface area contributed by atoms with E-state index >= 15 is 0 Å². The molecule has 3 heteroatoms. The number of carbonyl (C=O) groups is 1. The number of terminal acetylenes is 1. The number of likely N-dealkylation sites (tertiary alicyclic amines) is 1. The second kappa shape index (κ2) is 5.77. The van der Waals surface area contributed by atoms with E-state index in [0.29, 0.717) is 12.5 Å². The van der Waals surface area contributed by atoms with Crippen LogP contribution in [0.5, 0.6) is 0 Å². The van der Waals surface area contributed by atoms with E-state index in [1.165, 1.54) is 6.42 Å². The number of amides is 1. The molecular weight excluding hydrogens is 188 g/mol. The van der Waals surface area contributed by atoms with Gasteiger partial charge < -0.3 is 10.6 Å². The number of nitrogens with two attached hydrogens (primary N) is 1. The van der Waals surface area contributed by atoms with Crippen molar-refractivity contribution < 1.29 is 4.79 Å². The van der Waals surface area contributed by atoms with Crippen molar-refractivity contribution >= 4 is 5.91 Å². The van der Waals surface area contributed by atoms with Crippen molar-refractivity contribution in [2.45, 2.75) is 51.1 Å². The number of nitrogens with zero attached hydrogens (tertiary/aromatic N) is 1. The van der Waals surface area contributed by atoms with Gasteiger partial charge in [-0.2, -0.15) is 0 Å². The zero-order valence-electron chi connectivity index (χ0n) is 9.41. The molecule has 0 saturated carbocycles. The molecule has 0 aromatic rings. The maximum absolute atomic E-state index is 12.0. The van der Waals surface area contributed by atoms with E-state index in [2.05, 4.69) is 12.8 Å². The SMILES string of the molecule is C#CCC(N)C(=O)N1CCCCC1CC. The summed E-state index contributed by atoms with van der Waals surface area (Å²) in [5, 5.41) is 0. The van der Waals surface area contributed by atoms with E-state index < -0.39 is 6.04 Å². The molecule has 1 aliphatic rings. The van der Waals surface area contributed by atoms with E-state index in [-0.39, 0.29) is 5.91 Å². The highest BCUT2D eigenvalue weighted by atomic mass is 16.2. The molecule has 1 heterocycles. The Hall–Kier alpha value is -1.01. The summed E-state index contributed by atoms with van der Waals surface area (Å²) in [5.74, 6) is 2.48. The molecule has 0 spiro atoms. The highest BCUT2D eigenvalue weighted by Crippen LogP contribution is 2.20. The predicted octanol–water partition coefficient (Wildman–Crippen LogP) is 1.13. The van der Waals surface area contributed by atoms with E-state index in [0.717, 1.165) is 25.8 Å². The van der Waals surface area contributed by atoms with Gasteiger partial charge in [-0.15, -0.1) is 12.3 Å². The molecular formula is C12H20N2O. The lowest BCUT2D eigenvalue weighted by Gasteiger charge is -2.36. The lowest BCUT2D eigenvalue weighted by Crippen LogP contribution is -2.50. The summed E-state index contributed by atoms with van der Waals surface area (Å²) in [7, 11) is 0. The molecule has 2 N–H and O–H groups in total. The van der Waals surface area contributed by atoms with Gasteiger partial charge >= 0.3 is 0 Å². The average Bonchev–Trinajstić information content (AvgIpc) is 2.28. The maximum atomic E-state index is 12.0. The largest absolute Gasteiger partial charge is 0.338 e. The normalized spacial score (nSPS) is 23.3. The minimum absolute atomic E-state index is 0.0273. The van der Waals surface area contributed by atoms with Crippen molar-refractivity contribution in [3.63, 3.8) is 0 Å². The predicted molar refractivity (Wildman–Crippen MR) is 61.1 cm³/mol. The number of hydrogen-bond donors (Lipinski definition) is 1. The van der Waals surface area contributed by atoms with Crippen molar-refractivity contribution in [2.24, 2.45) is 5.73 Å². The minimum atomic E-state index is -0.512. The second-order valence-electron chi connectivity index (χ2n) is 4.10. The Labute approximate surface area is 92.0 Å². The molecule has 0 aromatic carbocycles. The zero-order valence-corrected chi connectivity index (χ0v) is 9.41. The van der Waals surface area contributed by atoms with Crippen LogP contribution in [0.1, 0.15) is 39.0 Å². The van der Waals surface area contributed by atoms with Crippen LogP contribution in [-0.4, -0.2) is 29.4 Å². The highest BCUT2D eigenvalue weighted by molar-refractivity contribution is 5.82. The Morgan fingerprint density at radius 2 is 2.40 bits per heavy atom. The van der Waals surface area contributed by atoms with Crippen LogP contribution < -0.4 is 5.73 Å². The number of piperidine rings is 1. The van der Waals surface area contributed by atoms with Crippen LogP contribution in [0, 0.1) is 12.3 Å². The van der Waals surface area contributed by atoms with Gasteiger partial charge in [-0.05, 0) is 25.7 Å². The van der Waals surface area contributed by atoms with Gasteiger partial charge in [0, 0.05) is 19.0 Å². The van der Waals surface area contributed by atoms with Crippen LogP contribution in [0.4, 0.5) is 0 Å². The van der Waals surface area contributed by atoms with Gasteiger partial charge in [-0.1, -0.05) is 6.92 Å². The molecule has 0 aromatic heterocycles. The quantitative estimate of drug-likeness (QED) is 0.707. The van der Waals surface area contributed by atoms with Crippen molar-refractivity contribution in [1.82, 2.24) is 4.90 Å². The van der Waals surface area contributed by atoms with E-state index in [4.69, 9.17) is 12.2 Å². The van der Waals surface area contributed by atoms with Crippen LogP contribution >= 0.6 is 0 Å². The van der Waals surface area contributed by atoms with Gasteiger partial charge in [-0.3, -0.25) is 4.79 Å². The van der Waals surface area contributed by atoms with E-state index in [1.54, 1.807) is 0 Å². The third kappa shape index (κ3) is 2.97. The van der Waals surface area contributed by atoms with Crippen LogP contribution in [0.25, 0.3) is 0 Å². The minimum Gasteiger partial charge on any atom is -0.338 e. The highest BCUT2D eigenvalue weighted by Gasteiger charge is 2.28. The molecule has 1 saturated heterocycles. The molecule has 2 unspecified atom stereocenters. The smallest absolute Gasteiger partial charge is 0.240 e. The Kier molecular flexibility index (Phi) is 4.64. The fourth-order valence-corrected chi connectivity index (χ4v) is 2.14. The molecule has 0 aliphatic carbocycles. The first-order chi connectivity index (χ1) is 7.20. The Bertz CT molecular complexity index is 257. The first-order valence-electron chi connectivity index (χ1n) is 5.70. The third-order valence-electron chi connectivity index (χ3n) is 3.04. The fourth-order valence-electron chi connectivity index (χ4n) is 2.14. The van der Waals surface area contributed by atoms with E-state index in [9.17, 15) is 4.79 Å². The van der Waals surface area contributed by atoms with E-state index in [1.807, 2.05) is 4.90 Å². The van der Waals surface area contributed by atoms with Gasteiger partial charge in [0.25, 0.3) is 0 Å². The standard InChI is InChI=1S/C12H20N2O/c1-3-7-11(13)12(15)14-9-6-5-8-10(14)4-2/h1,10-11H,4-9,13H2,2H3. The summed E-state index contributed by atoms with van der Waals surface area (Å²) in [5.41, 5.74) is 5.74. The first kappa shape index (κ1) is 12.1. The van der Waals surface area contributed by atoms with Gasteiger partial charge in [0.1, 0.15) is 0 Å². The summed E-state index contributed by atoms with van der Waals surface area (Å²) < 4.78 is 0. The summed E-state index contributed by atoms with van der Waals surface area (Å²) in [6.45, 7) is 2.96. The molecule has 1 aliphatic heterocycles. The molecule has 2 atom stereocenters. The lowest BCUT2D eigenvalue weighted by atomic mass is 9.98. The maximum Gasteiger partial charge on any atom is 0.240 e. The van der Waals surface area contributed by atoms with Gasteiger partial charge in [0.2, 0.25) is 5.91 Å². The van der Waals surface area contributed by atoms with Crippen molar-refractivity contribution in [3.05, 3.63) is 0 Å². The molecule has 1 rings (SSSR count). The lowest BCUT2D eigenvalue weighted by molar-refractivity contribution is -0.136. The molecule has 1 fully saturated rings. The number of hydrogen-bond acceptors (Lipinski definition) is 2. The Morgan fingerprint density at radius 1 is 1.67 bits per heavy atom. The Morgan fingerprint density at radius 3 is 3.00 bits per heavy atom. The van der Waals surface area contributed by atoms with Crippen LogP contribution in [-0.2, 0) is 4.79 Å². The van der Waals surface area contributed by atoms with Crippen molar-refractivity contribution in [3.8, 4) is 12.3 Å². The van der Waals surface area contributed by atoms with Crippen LogP contribution in [0.2, 0.25) is 0 Å². The summed E-state index contributed by atoms with van der Waals surface area (Å²) in [4.78, 5) is 13.9. The second-order valence-corrected chi connectivity index (χ2v) is 4.10. The third-order valence-corrected chi connectivity index (χ3v) is 3.04. The van der Waals surface area contributed by atoms with Crippen LogP contribution in [0.3, 0.4) is 0 Å². The molecule has 1 amide bonds. The Balaban J connectivity index is 2.59. The monoisotopic (exact) mass is 208 g/mol. The summed E-state index contributed by atoms with van der Waals surface area (Å²) >= 11 is 0. The molecule has 84 valence electrons. The number of rotatable bonds is 3. The molecule has 15 heavy (non-hydrogen) atoms. The number of carbonyl (C=O) groups excluding carboxylic acids is 1. The first-order valence-corrected chi connectivity index (χ1v) is 5.70. The van der Waals surface area contributed by atoms with Gasteiger partial charge in [0.15, 0.2) is 0 Å². The zero-order chi connectivity index (χ0) is 11.3. The van der Waals surface area contributed by atoms with Crippen LogP contribution in [0.15, 0.2) is 0 Å². The summed E-state index contributed by atoms with van der Waals surface area (Å²) in [6.07, 6.45) is 9.92. The van der Waals surface area contributed by atoms with Gasteiger partial charge in [0.05, 0.1) is 6.04 Å². The van der Waals surface area contributed by atoms with Crippen molar-refractivity contribution in [2.75, 3.05) is 6.54 Å².